The fourth-order valence-corrected chi connectivity index (χ4v) is 1.32. The lowest BCUT2D eigenvalue weighted by Crippen LogP contribution is -2.15. The first-order valence-electron chi connectivity index (χ1n) is 4.49. The zero-order chi connectivity index (χ0) is 14.1. The van der Waals surface area contributed by atoms with E-state index in [4.69, 9.17) is 0 Å². The van der Waals surface area contributed by atoms with Crippen molar-refractivity contribution in [1.29, 1.82) is 0 Å². The number of halogens is 6. The maximum absolute atomic E-state index is 13.2. The van der Waals surface area contributed by atoms with Gasteiger partial charge in [0.1, 0.15) is 17.1 Å². The molecule has 0 saturated heterocycles. The molecule has 1 aromatic rings. The Labute approximate surface area is 97.2 Å². The fourth-order valence-electron chi connectivity index (χ4n) is 1.32. The van der Waals surface area contributed by atoms with Crippen LogP contribution in [0.2, 0.25) is 0 Å². The Kier molecular flexibility index (Phi) is 3.88. The van der Waals surface area contributed by atoms with Crippen molar-refractivity contribution in [2.45, 2.75) is 19.7 Å². The molecule has 0 saturated carbocycles. The van der Waals surface area contributed by atoms with Crippen molar-refractivity contribution in [1.82, 2.24) is 0 Å². The Balaban J connectivity index is 3.41. The highest BCUT2D eigenvalue weighted by Crippen LogP contribution is 2.36. The topological polar surface area (TPSA) is 26.3 Å². The van der Waals surface area contributed by atoms with E-state index >= 15 is 0 Å². The van der Waals surface area contributed by atoms with Gasteiger partial charge in [0.05, 0.1) is 0 Å². The Morgan fingerprint density at radius 2 is 1.83 bits per heavy atom. The van der Waals surface area contributed by atoms with Crippen LogP contribution in [0.3, 0.4) is 0 Å². The molecule has 0 aromatic heterocycles. The number of alkyl halides is 5. The summed E-state index contributed by atoms with van der Waals surface area (Å²) in [5.41, 5.74) is -2.85. The summed E-state index contributed by atoms with van der Waals surface area (Å²) in [6.07, 6.45) is -5.10. The summed E-state index contributed by atoms with van der Waals surface area (Å²) in [5, 5.41) is 0. The van der Waals surface area contributed by atoms with Gasteiger partial charge in [-0.05, 0) is 13.0 Å². The molecule has 0 atom stereocenters. The Bertz CT molecular complexity index is 466. The van der Waals surface area contributed by atoms with E-state index in [0.717, 1.165) is 6.92 Å². The predicted molar refractivity (Wildman–Crippen MR) is 48.0 cm³/mol. The molecule has 100 valence electrons. The van der Waals surface area contributed by atoms with Crippen molar-refractivity contribution in [3.05, 3.63) is 29.1 Å². The van der Waals surface area contributed by atoms with Crippen LogP contribution in [0, 0.1) is 5.82 Å². The van der Waals surface area contributed by atoms with Crippen LogP contribution in [0.5, 0.6) is 5.75 Å². The molecule has 0 aliphatic heterocycles. The molecule has 1 aromatic carbocycles. The van der Waals surface area contributed by atoms with Gasteiger partial charge in [-0.25, -0.2) is 4.39 Å². The monoisotopic (exact) mass is 272 g/mol. The molecule has 1 rings (SSSR count). The minimum absolute atomic E-state index is 0.154. The number of ether oxygens (including phenoxy) is 1. The highest BCUT2D eigenvalue weighted by atomic mass is 19.4. The summed E-state index contributed by atoms with van der Waals surface area (Å²) in [4.78, 5) is 11.0. The number of ketones is 1. The van der Waals surface area contributed by atoms with Gasteiger partial charge in [-0.2, -0.15) is 22.0 Å². The van der Waals surface area contributed by atoms with Crippen molar-refractivity contribution < 1.29 is 35.9 Å². The van der Waals surface area contributed by atoms with Gasteiger partial charge in [0.2, 0.25) is 0 Å². The molecule has 0 unspecified atom stereocenters. The van der Waals surface area contributed by atoms with Crippen LogP contribution in [0.4, 0.5) is 26.3 Å². The van der Waals surface area contributed by atoms with Crippen molar-refractivity contribution in [2.24, 2.45) is 0 Å². The first-order chi connectivity index (χ1) is 8.12. The maximum Gasteiger partial charge on any atom is 0.419 e. The third-order valence-corrected chi connectivity index (χ3v) is 1.95. The minimum atomic E-state index is -5.10. The molecule has 0 N–H and O–H groups in total. The van der Waals surface area contributed by atoms with Gasteiger partial charge < -0.3 is 4.74 Å². The van der Waals surface area contributed by atoms with Gasteiger partial charge in [0.15, 0.2) is 5.78 Å². The average Bonchev–Trinajstić information content (AvgIpc) is 2.12. The second-order valence-corrected chi connectivity index (χ2v) is 3.26. The Hall–Kier alpha value is -1.73. The van der Waals surface area contributed by atoms with E-state index in [0.29, 0.717) is 6.07 Å². The second kappa shape index (κ2) is 4.87. The SMILES string of the molecule is CC(=O)c1cc(OC(F)F)cc(F)c1C(F)(F)F. The molecule has 0 spiro atoms. The second-order valence-electron chi connectivity index (χ2n) is 3.26. The lowest BCUT2D eigenvalue weighted by Gasteiger charge is -2.14. The first-order valence-corrected chi connectivity index (χ1v) is 4.49. The first kappa shape index (κ1) is 14.3. The van der Waals surface area contributed by atoms with E-state index < -0.39 is 41.3 Å². The third kappa shape index (κ3) is 3.14. The van der Waals surface area contributed by atoms with Crippen LogP contribution in [0.25, 0.3) is 0 Å². The van der Waals surface area contributed by atoms with Crippen LogP contribution in [-0.2, 0) is 6.18 Å². The average molecular weight is 272 g/mol. The smallest absolute Gasteiger partial charge is 0.419 e. The van der Waals surface area contributed by atoms with Crippen LogP contribution in [-0.4, -0.2) is 12.4 Å². The van der Waals surface area contributed by atoms with E-state index in [2.05, 4.69) is 4.74 Å². The van der Waals surface area contributed by atoms with Crippen LogP contribution >= 0.6 is 0 Å². The predicted octanol–water partition coefficient (Wildman–Crippen LogP) is 3.65. The number of carbonyl (C=O) groups excluding carboxylic acids is 1. The Morgan fingerprint density at radius 1 is 1.28 bits per heavy atom. The third-order valence-electron chi connectivity index (χ3n) is 1.95. The summed E-state index contributed by atoms with van der Waals surface area (Å²) < 4.78 is 78.2. The number of carbonyl (C=O) groups is 1. The number of hydrogen-bond donors (Lipinski definition) is 0. The zero-order valence-electron chi connectivity index (χ0n) is 8.82. The normalized spacial score (nSPS) is 11.8. The van der Waals surface area contributed by atoms with Crippen molar-refractivity contribution in [2.75, 3.05) is 0 Å². The molecule has 8 heteroatoms. The van der Waals surface area contributed by atoms with Gasteiger partial charge in [0.25, 0.3) is 0 Å². The molecule has 18 heavy (non-hydrogen) atoms. The molecular formula is C10H6F6O2. The van der Waals surface area contributed by atoms with Gasteiger partial charge >= 0.3 is 12.8 Å². The van der Waals surface area contributed by atoms with E-state index in [1.54, 1.807) is 0 Å². The number of benzene rings is 1. The fraction of sp³-hybridized carbons (Fsp3) is 0.300. The number of Topliss-reactive ketones (excluding diaryl/α,β-unsaturated/α-hetero) is 1. The van der Waals surface area contributed by atoms with E-state index in [1.165, 1.54) is 0 Å². The number of hydrogen-bond acceptors (Lipinski definition) is 2. The lowest BCUT2D eigenvalue weighted by molar-refractivity contribution is -0.140. The van der Waals surface area contributed by atoms with Gasteiger partial charge in [-0.3, -0.25) is 4.79 Å². The highest BCUT2D eigenvalue weighted by Gasteiger charge is 2.38. The van der Waals surface area contributed by atoms with Crippen LogP contribution in [0.1, 0.15) is 22.8 Å². The molecule has 0 radical (unpaired) electrons. The van der Waals surface area contributed by atoms with Crippen LogP contribution in [0.15, 0.2) is 12.1 Å². The summed E-state index contributed by atoms with van der Waals surface area (Å²) in [6.45, 7) is -2.57. The van der Waals surface area contributed by atoms with Gasteiger partial charge in [-0.1, -0.05) is 0 Å². The quantitative estimate of drug-likeness (QED) is 0.620. The minimum Gasteiger partial charge on any atom is -0.435 e. The van der Waals surface area contributed by atoms with E-state index in [-0.39, 0.29) is 6.07 Å². The van der Waals surface area contributed by atoms with Crippen molar-refractivity contribution in [3.8, 4) is 5.75 Å². The molecule has 2 nitrogen and oxygen atoms in total. The Morgan fingerprint density at radius 3 is 2.22 bits per heavy atom. The lowest BCUT2D eigenvalue weighted by atomic mass is 10.0. The van der Waals surface area contributed by atoms with Gasteiger partial charge in [-0.15, -0.1) is 0 Å². The summed E-state index contributed by atoms with van der Waals surface area (Å²) in [5.74, 6) is -3.80. The van der Waals surface area contributed by atoms with E-state index in [1.807, 2.05) is 0 Å². The highest BCUT2D eigenvalue weighted by molar-refractivity contribution is 5.96. The zero-order valence-corrected chi connectivity index (χ0v) is 8.82. The molecule has 0 bridgehead atoms. The summed E-state index contributed by atoms with van der Waals surface area (Å²) in [6, 6.07) is 0.585. The largest absolute Gasteiger partial charge is 0.435 e. The number of rotatable bonds is 3. The molecule has 0 heterocycles. The molecule has 0 amide bonds. The maximum atomic E-state index is 13.2. The summed E-state index contributed by atoms with van der Waals surface area (Å²) >= 11 is 0. The van der Waals surface area contributed by atoms with Crippen molar-refractivity contribution in [3.63, 3.8) is 0 Å². The standard InChI is InChI=1S/C10H6F6O2/c1-4(17)6-2-5(18-9(12)13)3-7(11)8(6)10(14,15)16/h2-3,9H,1H3. The van der Waals surface area contributed by atoms with E-state index in [9.17, 15) is 31.1 Å². The summed E-state index contributed by atoms with van der Waals surface area (Å²) in [7, 11) is 0. The molecular weight excluding hydrogens is 266 g/mol. The van der Waals surface area contributed by atoms with Crippen LogP contribution < -0.4 is 4.74 Å². The molecule has 0 aliphatic carbocycles. The van der Waals surface area contributed by atoms with Crippen molar-refractivity contribution >= 4 is 5.78 Å². The van der Waals surface area contributed by atoms with Gasteiger partial charge in [0, 0.05) is 11.6 Å². The molecule has 0 fully saturated rings. The molecule has 0 aliphatic rings.